The van der Waals surface area contributed by atoms with Crippen molar-refractivity contribution >= 4 is 5.97 Å². The van der Waals surface area contributed by atoms with Crippen LogP contribution in [0, 0.1) is 0 Å². The van der Waals surface area contributed by atoms with Gasteiger partial charge >= 0.3 is 12.1 Å². The summed E-state index contributed by atoms with van der Waals surface area (Å²) in [5, 5.41) is 14.7. The van der Waals surface area contributed by atoms with Crippen molar-refractivity contribution in [1.29, 1.82) is 0 Å². The first-order valence-electron chi connectivity index (χ1n) is 14.5. The van der Waals surface area contributed by atoms with E-state index in [0.717, 1.165) is 25.7 Å². The molecule has 41 heavy (non-hydrogen) atoms. The smallest absolute Gasteiger partial charge is 0.475 e. The van der Waals surface area contributed by atoms with Crippen LogP contribution in [0.25, 0.3) is 11.1 Å². The van der Waals surface area contributed by atoms with E-state index in [4.69, 9.17) is 9.90 Å². The highest BCUT2D eigenvalue weighted by Gasteiger charge is 2.38. The number of hydrogen-bond donors (Lipinski definition) is 3. The van der Waals surface area contributed by atoms with Gasteiger partial charge in [0.05, 0.1) is 0 Å². The Bertz CT molecular complexity index is 1200. The highest BCUT2D eigenvalue weighted by molar-refractivity contribution is 5.73. The van der Waals surface area contributed by atoms with Crippen molar-refractivity contribution in [3.05, 3.63) is 95.6 Å². The van der Waals surface area contributed by atoms with Gasteiger partial charge in [0.15, 0.2) is 0 Å². The number of nitrogens with zero attached hydrogens (tertiary/aromatic N) is 1. The molecule has 3 aromatic rings. The molecule has 0 atom stereocenters. The molecule has 1 aliphatic carbocycles. The molecule has 1 aliphatic heterocycles. The molecule has 0 bridgehead atoms. The summed E-state index contributed by atoms with van der Waals surface area (Å²) in [6, 6.07) is 30.2. The average molecular weight is 568 g/mol. The summed E-state index contributed by atoms with van der Waals surface area (Å²) >= 11 is 0. The van der Waals surface area contributed by atoms with E-state index in [9.17, 15) is 13.2 Å². The number of hydrogen-bond acceptors (Lipinski definition) is 4. The number of carboxylic acids is 1. The van der Waals surface area contributed by atoms with E-state index in [-0.39, 0.29) is 0 Å². The molecule has 0 amide bonds. The number of nitrogens with one attached hydrogen (secondary N) is 2. The quantitative estimate of drug-likeness (QED) is 0.266. The number of piperidine rings is 1. The molecule has 1 saturated carbocycles. The van der Waals surface area contributed by atoms with Gasteiger partial charge < -0.3 is 15.7 Å². The summed E-state index contributed by atoms with van der Waals surface area (Å²) < 4.78 is 31.7. The Morgan fingerprint density at radius 1 is 0.756 bits per heavy atom. The van der Waals surface area contributed by atoms with Gasteiger partial charge in [-0.2, -0.15) is 13.2 Å². The third-order valence-corrected chi connectivity index (χ3v) is 7.89. The standard InChI is InChI=1S/C31H39N3.C2HF3O2/c1-2-8-26(9-3-1)24-34-20-18-30(19-21-34)33-23-28-10-4-7-13-31(28)27-16-14-25(15-17-27)22-32-29-11-5-6-12-29;3-2(4,5)1(6)7/h1-4,7-10,13-17,29-30,32-33H,5-6,11-12,18-24H2;(H,6,7). The lowest BCUT2D eigenvalue weighted by molar-refractivity contribution is -0.192. The molecule has 2 fully saturated rings. The van der Waals surface area contributed by atoms with Crippen LogP contribution in [-0.2, 0) is 24.4 Å². The SMILES string of the molecule is O=C(O)C(F)(F)F.c1ccc(CN2CCC(NCc3ccccc3-c3ccc(CNC4CCCC4)cc3)CC2)cc1. The largest absolute Gasteiger partial charge is 0.490 e. The van der Waals surface area contributed by atoms with Crippen LogP contribution in [0.1, 0.15) is 55.2 Å². The summed E-state index contributed by atoms with van der Waals surface area (Å²) in [7, 11) is 0. The van der Waals surface area contributed by atoms with Gasteiger partial charge in [0.25, 0.3) is 0 Å². The summed E-state index contributed by atoms with van der Waals surface area (Å²) in [6.45, 7) is 5.33. The van der Waals surface area contributed by atoms with Crippen LogP contribution in [0.3, 0.4) is 0 Å². The lowest BCUT2D eigenvalue weighted by Crippen LogP contribution is -2.41. The minimum atomic E-state index is -5.08. The first kappa shape index (κ1) is 30.8. The molecule has 0 radical (unpaired) electrons. The summed E-state index contributed by atoms with van der Waals surface area (Å²) in [6.07, 6.45) is 2.80. The van der Waals surface area contributed by atoms with Gasteiger partial charge in [0, 0.05) is 31.7 Å². The fraction of sp³-hybridized carbons (Fsp3) is 0.424. The Morgan fingerprint density at radius 3 is 1.95 bits per heavy atom. The normalized spacial score (nSPS) is 16.8. The number of rotatable bonds is 9. The fourth-order valence-electron chi connectivity index (χ4n) is 5.54. The van der Waals surface area contributed by atoms with Gasteiger partial charge in [0.1, 0.15) is 0 Å². The van der Waals surface area contributed by atoms with E-state index < -0.39 is 12.1 Å². The first-order chi connectivity index (χ1) is 19.8. The van der Waals surface area contributed by atoms with Crippen molar-refractivity contribution in [3.8, 4) is 11.1 Å². The van der Waals surface area contributed by atoms with Gasteiger partial charge in [-0.25, -0.2) is 4.79 Å². The second-order valence-electron chi connectivity index (χ2n) is 10.9. The van der Waals surface area contributed by atoms with E-state index in [1.807, 2.05) is 0 Å². The van der Waals surface area contributed by atoms with Gasteiger partial charge in [0.2, 0.25) is 0 Å². The van der Waals surface area contributed by atoms with Crippen LogP contribution >= 0.6 is 0 Å². The maximum atomic E-state index is 10.6. The van der Waals surface area contributed by atoms with Crippen LogP contribution in [-0.4, -0.2) is 47.3 Å². The highest BCUT2D eigenvalue weighted by atomic mass is 19.4. The van der Waals surface area contributed by atoms with E-state index in [1.165, 1.54) is 79.4 Å². The highest BCUT2D eigenvalue weighted by Crippen LogP contribution is 2.25. The fourth-order valence-corrected chi connectivity index (χ4v) is 5.54. The molecule has 220 valence electrons. The van der Waals surface area contributed by atoms with E-state index in [0.29, 0.717) is 6.04 Å². The number of carbonyl (C=O) groups is 1. The Balaban J connectivity index is 0.000000493. The molecule has 3 N–H and O–H groups in total. The van der Waals surface area contributed by atoms with Crippen molar-refractivity contribution in [2.75, 3.05) is 13.1 Å². The van der Waals surface area contributed by atoms with Crippen LogP contribution in [0.15, 0.2) is 78.9 Å². The maximum absolute atomic E-state index is 10.6. The molecule has 2 aliphatic rings. The van der Waals surface area contributed by atoms with Crippen LogP contribution in [0.4, 0.5) is 13.2 Å². The van der Waals surface area contributed by atoms with E-state index in [1.54, 1.807) is 0 Å². The number of alkyl halides is 3. The predicted octanol–water partition coefficient (Wildman–Crippen LogP) is 6.77. The van der Waals surface area contributed by atoms with E-state index in [2.05, 4.69) is 94.4 Å². The summed E-state index contributed by atoms with van der Waals surface area (Å²) in [5.41, 5.74) is 6.87. The van der Waals surface area contributed by atoms with Gasteiger partial charge in [-0.15, -0.1) is 0 Å². The molecule has 8 heteroatoms. The minimum Gasteiger partial charge on any atom is -0.475 e. The average Bonchev–Trinajstić information content (AvgIpc) is 3.51. The second kappa shape index (κ2) is 15.1. The van der Waals surface area contributed by atoms with E-state index >= 15 is 0 Å². The van der Waals surface area contributed by atoms with Crippen molar-refractivity contribution < 1.29 is 23.1 Å². The molecule has 5 nitrogen and oxygen atoms in total. The van der Waals surface area contributed by atoms with Crippen molar-refractivity contribution in [2.45, 2.75) is 76.4 Å². The van der Waals surface area contributed by atoms with Crippen LogP contribution in [0.2, 0.25) is 0 Å². The molecular formula is C33H40F3N3O2. The molecular weight excluding hydrogens is 527 g/mol. The first-order valence-corrected chi connectivity index (χ1v) is 14.5. The molecule has 5 rings (SSSR count). The lowest BCUT2D eigenvalue weighted by Gasteiger charge is -2.32. The Morgan fingerprint density at radius 2 is 1.32 bits per heavy atom. The molecule has 0 unspecified atom stereocenters. The zero-order valence-corrected chi connectivity index (χ0v) is 23.4. The van der Waals surface area contributed by atoms with Gasteiger partial charge in [-0.1, -0.05) is 91.7 Å². The van der Waals surface area contributed by atoms with Crippen molar-refractivity contribution in [3.63, 3.8) is 0 Å². The Hall–Kier alpha value is -3.20. The zero-order valence-electron chi connectivity index (χ0n) is 23.4. The van der Waals surface area contributed by atoms with Crippen LogP contribution < -0.4 is 10.6 Å². The molecule has 0 aromatic heterocycles. The maximum Gasteiger partial charge on any atom is 0.490 e. The lowest BCUT2D eigenvalue weighted by atomic mass is 9.97. The van der Waals surface area contributed by atoms with Crippen molar-refractivity contribution in [1.82, 2.24) is 15.5 Å². The third-order valence-electron chi connectivity index (χ3n) is 7.89. The second-order valence-corrected chi connectivity index (χ2v) is 10.9. The molecule has 0 spiro atoms. The number of likely N-dealkylation sites (tertiary alicyclic amines) is 1. The van der Waals surface area contributed by atoms with Crippen molar-refractivity contribution in [2.24, 2.45) is 0 Å². The molecule has 3 aromatic carbocycles. The van der Waals surface area contributed by atoms with Crippen LogP contribution in [0.5, 0.6) is 0 Å². The number of benzene rings is 3. The Labute approximate surface area is 240 Å². The number of halogens is 3. The predicted molar refractivity (Wildman–Crippen MR) is 156 cm³/mol. The van der Waals surface area contributed by atoms with Gasteiger partial charge in [-0.05, 0) is 66.6 Å². The molecule has 1 heterocycles. The minimum absolute atomic E-state index is 0.601. The van der Waals surface area contributed by atoms with Gasteiger partial charge in [-0.3, -0.25) is 4.90 Å². The topological polar surface area (TPSA) is 64.6 Å². The third kappa shape index (κ3) is 9.99. The Kier molecular flexibility index (Phi) is 11.4. The molecule has 1 saturated heterocycles. The zero-order chi connectivity index (χ0) is 29.1. The summed E-state index contributed by atoms with van der Waals surface area (Å²) in [4.78, 5) is 11.5. The number of aliphatic carboxylic acids is 1. The monoisotopic (exact) mass is 567 g/mol. The summed E-state index contributed by atoms with van der Waals surface area (Å²) in [5.74, 6) is -2.76. The number of carboxylic acid groups (broad SMARTS) is 1.